The standard InChI is InChI=1S/C18H22N6O2/c1-12(2)9-13-10-15(24(4)21-13)18(25)23(3)11-16-20-17(22-26-16)14-7-5-6-8-19-14/h5-8,10,12H,9,11H2,1-4H3. The van der Waals surface area contributed by atoms with Gasteiger partial charge in [-0.3, -0.25) is 14.5 Å². The summed E-state index contributed by atoms with van der Waals surface area (Å²) in [6, 6.07) is 7.31. The number of pyridine rings is 1. The molecule has 3 aromatic rings. The molecular formula is C18H22N6O2. The monoisotopic (exact) mass is 354 g/mol. The highest BCUT2D eigenvalue weighted by Gasteiger charge is 2.20. The zero-order valence-electron chi connectivity index (χ0n) is 15.4. The third-order valence-corrected chi connectivity index (χ3v) is 3.85. The Morgan fingerprint density at radius 2 is 2.15 bits per heavy atom. The zero-order chi connectivity index (χ0) is 18.7. The second-order valence-electron chi connectivity index (χ2n) is 6.63. The van der Waals surface area contributed by atoms with Gasteiger partial charge in [0.05, 0.1) is 5.69 Å². The Morgan fingerprint density at radius 1 is 1.35 bits per heavy atom. The fourth-order valence-corrected chi connectivity index (χ4v) is 2.63. The third kappa shape index (κ3) is 3.96. The van der Waals surface area contributed by atoms with Gasteiger partial charge in [-0.05, 0) is 30.5 Å². The van der Waals surface area contributed by atoms with Crippen LogP contribution in [0.1, 0.15) is 35.9 Å². The van der Waals surface area contributed by atoms with Gasteiger partial charge < -0.3 is 9.42 Å². The van der Waals surface area contributed by atoms with E-state index in [1.54, 1.807) is 31.0 Å². The first-order chi connectivity index (χ1) is 12.4. The Balaban J connectivity index is 1.70. The van der Waals surface area contributed by atoms with E-state index in [1.807, 2.05) is 18.2 Å². The van der Waals surface area contributed by atoms with Crippen molar-refractivity contribution in [2.75, 3.05) is 7.05 Å². The summed E-state index contributed by atoms with van der Waals surface area (Å²) in [6.45, 7) is 4.46. The lowest BCUT2D eigenvalue weighted by atomic mass is 10.1. The fraction of sp³-hybridized carbons (Fsp3) is 0.389. The number of aryl methyl sites for hydroxylation is 1. The van der Waals surface area contributed by atoms with E-state index < -0.39 is 0 Å². The molecule has 0 aliphatic carbocycles. The highest BCUT2D eigenvalue weighted by Crippen LogP contribution is 2.15. The second kappa shape index (κ2) is 7.47. The molecule has 0 bridgehead atoms. The zero-order valence-corrected chi connectivity index (χ0v) is 15.4. The van der Waals surface area contributed by atoms with Crippen molar-refractivity contribution in [3.05, 3.63) is 47.7 Å². The van der Waals surface area contributed by atoms with Crippen molar-refractivity contribution in [1.29, 1.82) is 0 Å². The molecule has 0 saturated heterocycles. The van der Waals surface area contributed by atoms with E-state index in [0.717, 1.165) is 12.1 Å². The van der Waals surface area contributed by atoms with Crippen molar-refractivity contribution < 1.29 is 9.32 Å². The van der Waals surface area contributed by atoms with E-state index in [-0.39, 0.29) is 12.5 Å². The van der Waals surface area contributed by atoms with E-state index in [1.165, 1.54) is 4.90 Å². The number of carbonyl (C=O) groups is 1. The van der Waals surface area contributed by atoms with Gasteiger partial charge in [0.15, 0.2) is 0 Å². The lowest BCUT2D eigenvalue weighted by molar-refractivity contribution is 0.0758. The van der Waals surface area contributed by atoms with Gasteiger partial charge in [0.2, 0.25) is 11.7 Å². The summed E-state index contributed by atoms with van der Waals surface area (Å²) >= 11 is 0. The smallest absolute Gasteiger partial charge is 0.272 e. The number of amides is 1. The van der Waals surface area contributed by atoms with Crippen LogP contribution in [-0.4, -0.2) is 42.8 Å². The predicted molar refractivity (Wildman–Crippen MR) is 95.1 cm³/mol. The van der Waals surface area contributed by atoms with Gasteiger partial charge in [0.1, 0.15) is 17.9 Å². The molecule has 1 amide bonds. The van der Waals surface area contributed by atoms with Crippen LogP contribution in [0.2, 0.25) is 0 Å². The third-order valence-electron chi connectivity index (χ3n) is 3.85. The number of carbonyl (C=O) groups excluding carboxylic acids is 1. The Hall–Kier alpha value is -3.03. The summed E-state index contributed by atoms with van der Waals surface area (Å²) in [7, 11) is 3.47. The molecule has 0 unspecified atom stereocenters. The van der Waals surface area contributed by atoms with Gasteiger partial charge in [0, 0.05) is 20.3 Å². The van der Waals surface area contributed by atoms with Crippen LogP contribution >= 0.6 is 0 Å². The number of aromatic nitrogens is 5. The summed E-state index contributed by atoms with van der Waals surface area (Å²) in [6.07, 6.45) is 2.50. The van der Waals surface area contributed by atoms with Gasteiger partial charge in [-0.1, -0.05) is 25.1 Å². The first kappa shape index (κ1) is 17.8. The van der Waals surface area contributed by atoms with Gasteiger partial charge in [-0.2, -0.15) is 10.1 Å². The molecule has 0 aliphatic heterocycles. The highest BCUT2D eigenvalue weighted by molar-refractivity contribution is 5.92. The van der Waals surface area contributed by atoms with Crippen molar-refractivity contribution in [2.24, 2.45) is 13.0 Å². The molecule has 8 nitrogen and oxygen atoms in total. The van der Waals surface area contributed by atoms with Gasteiger partial charge in [0.25, 0.3) is 5.91 Å². The van der Waals surface area contributed by atoms with Crippen LogP contribution in [0.15, 0.2) is 35.0 Å². The van der Waals surface area contributed by atoms with Crippen molar-refractivity contribution in [3.8, 4) is 11.5 Å². The van der Waals surface area contributed by atoms with Crippen LogP contribution in [0, 0.1) is 5.92 Å². The maximum atomic E-state index is 12.7. The molecule has 3 heterocycles. The number of nitrogens with zero attached hydrogens (tertiary/aromatic N) is 6. The second-order valence-corrected chi connectivity index (χ2v) is 6.63. The maximum absolute atomic E-state index is 12.7. The minimum atomic E-state index is -0.146. The summed E-state index contributed by atoms with van der Waals surface area (Å²) in [4.78, 5) is 22.7. The molecule has 0 radical (unpaired) electrons. The predicted octanol–water partition coefficient (Wildman–Crippen LogP) is 2.34. The molecule has 0 spiro atoms. The molecule has 0 atom stereocenters. The SMILES string of the molecule is CC(C)Cc1cc(C(=O)N(C)Cc2nc(-c3ccccn3)no2)n(C)n1. The molecule has 3 rings (SSSR count). The number of hydrogen-bond acceptors (Lipinski definition) is 6. The van der Waals surface area contributed by atoms with Crippen molar-refractivity contribution in [2.45, 2.75) is 26.8 Å². The average molecular weight is 354 g/mol. The van der Waals surface area contributed by atoms with Crippen molar-refractivity contribution in [3.63, 3.8) is 0 Å². The van der Waals surface area contributed by atoms with Gasteiger partial charge in [-0.25, -0.2) is 0 Å². The van der Waals surface area contributed by atoms with E-state index in [4.69, 9.17) is 4.52 Å². The molecule has 0 aliphatic rings. The lowest BCUT2D eigenvalue weighted by Gasteiger charge is -2.14. The Morgan fingerprint density at radius 3 is 2.85 bits per heavy atom. The van der Waals surface area contributed by atoms with Crippen LogP contribution in [0.4, 0.5) is 0 Å². The molecule has 0 N–H and O–H groups in total. The molecule has 8 heteroatoms. The quantitative estimate of drug-likeness (QED) is 0.675. The van der Waals surface area contributed by atoms with Crippen LogP contribution in [0.25, 0.3) is 11.5 Å². The van der Waals surface area contributed by atoms with Crippen LogP contribution in [-0.2, 0) is 20.0 Å². The van der Waals surface area contributed by atoms with Gasteiger partial charge >= 0.3 is 0 Å². The minimum absolute atomic E-state index is 0.146. The number of rotatable bonds is 6. The highest BCUT2D eigenvalue weighted by atomic mass is 16.5. The molecular weight excluding hydrogens is 332 g/mol. The summed E-state index contributed by atoms with van der Waals surface area (Å²) in [5.74, 6) is 1.09. The molecule has 3 aromatic heterocycles. The van der Waals surface area contributed by atoms with E-state index in [0.29, 0.717) is 29.0 Å². The van der Waals surface area contributed by atoms with Crippen LogP contribution in [0.5, 0.6) is 0 Å². The van der Waals surface area contributed by atoms with Crippen molar-refractivity contribution in [1.82, 2.24) is 29.8 Å². The van der Waals surface area contributed by atoms with E-state index >= 15 is 0 Å². The fourth-order valence-electron chi connectivity index (χ4n) is 2.63. The lowest BCUT2D eigenvalue weighted by Crippen LogP contribution is -2.28. The maximum Gasteiger partial charge on any atom is 0.272 e. The summed E-state index contributed by atoms with van der Waals surface area (Å²) < 4.78 is 6.86. The molecule has 0 aromatic carbocycles. The molecule has 0 fully saturated rings. The average Bonchev–Trinajstić information content (AvgIpc) is 3.21. The normalized spacial score (nSPS) is 11.1. The molecule has 26 heavy (non-hydrogen) atoms. The summed E-state index contributed by atoms with van der Waals surface area (Å²) in [5.41, 5.74) is 2.07. The largest absolute Gasteiger partial charge is 0.337 e. The van der Waals surface area contributed by atoms with Gasteiger partial charge in [-0.15, -0.1) is 0 Å². The summed E-state index contributed by atoms with van der Waals surface area (Å²) in [5, 5.41) is 8.34. The Kier molecular flexibility index (Phi) is 5.11. The molecule has 0 saturated carbocycles. The number of hydrogen-bond donors (Lipinski definition) is 0. The topological polar surface area (TPSA) is 89.9 Å². The first-order valence-corrected chi connectivity index (χ1v) is 8.46. The van der Waals surface area contributed by atoms with Crippen molar-refractivity contribution >= 4 is 5.91 Å². The molecule has 136 valence electrons. The Bertz CT molecular complexity index is 884. The van der Waals surface area contributed by atoms with Crippen LogP contribution < -0.4 is 0 Å². The van der Waals surface area contributed by atoms with Crippen LogP contribution in [0.3, 0.4) is 0 Å². The van der Waals surface area contributed by atoms with E-state index in [2.05, 4.69) is 34.1 Å². The minimum Gasteiger partial charge on any atom is -0.337 e. The Labute approximate surface area is 151 Å². The van der Waals surface area contributed by atoms with E-state index in [9.17, 15) is 4.79 Å². The first-order valence-electron chi connectivity index (χ1n) is 8.46.